The summed E-state index contributed by atoms with van der Waals surface area (Å²) in [7, 11) is 0. The summed E-state index contributed by atoms with van der Waals surface area (Å²) in [5.41, 5.74) is -0.0364. The first-order chi connectivity index (χ1) is 10.7. The van der Waals surface area contributed by atoms with E-state index >= 15 is 0 Å². The van der Waals surface area contributed by atoms with E-state index in [1.54, 1.807) is 6.20 Å². The van der Waals surface area contributed by atoms with E-state index in [4.69, 9.17) is 0 Å². The number of hydrogen-bond donors (Lipinski definition) is 1. The first-order valence-electron chi connectivity index (χ1n) is 7.18. The number of amides is 1. The van der Waals surface area contributed by atoms with Crippen LogP contribution in [-0.2, 0) is 6.54 Å². The largest absolute Gasteiger partial charge is 0.357 e. The van der Waals surface area contributed by atoms with Gasteiger partial charge in [0.25, 0.3) is 5.91 Å². The third-order valence-corrected chi connectivity index (χ3v) is 3.54. The maximum atomic E-state index is 13.5. The van der Waals surface area contributed by atoms with E-state index in [0.29, 0.717) is 5.82 Å². The van der Waals surface area contributed by atoms with Crippen LogP contribution in [0.2, 0.25) is 0 Å². The Labute approximate surface area is 127 Å². The Balaban J connectivity index is 1.65. The van der Waals surface area contributed by atoms with Gasteiger partial charge in [-0.15, -0.1) is 0 Å². The van der Waals surface area contributed by atoms with E-state index in [1.165, 1.54) is 12.3 Å². The van der Waals surface area contributed by atoms with E-state index in [9.17, 15) is 9.18 Å². The van der Waals surface area contributed by atoms with Crippen molar-refractivity contribution in [2.75, 3.05) is 18.0 Å². The van der Waals surface area contributed by atoms with Crippen LogP contribution in [0.25, 0.3) is 0 Å². The van der Waals surface area contributed by atoms with Crippen molar-refractivity contribution < 1.29 is 9.18 Å². The molecule has 1 aliphatic rings. The van der Waals surface area contributed by atoms with Gasteiger partial charge in [0, 0.05) is 25.5 Å². The summed E-state index contributed by atoms with van der Waals surface area (Å²) in [5.74, 6) is 0.223. The minimum absolute atomic E-state index is 0.0364. The molecule has 0 bridgehead atoms. The highest BCUT2D eigenvalue weighted by molar-refractivity contribution is 5.94. The molecular formula is C15H16FN5O. The summed E-state index contributed by atoms with van der Waals surface area (Å²) in [4.78, 5) is 26.3. The number of pyridine rings is 1. The van der Waals surface area contributed by atoms with Crippen molar-refractivity contribution >= 4 is 11.7 Å². The molecule has 0 radical (unpaired) electrons. The van der Waals surface area contributed by atoms with E-state index in [2.05, 4.69) is 25.2 Å². The lowest BCUT2D eigenvalue weighted by Crippen LogP contribution is -2.26. The Morgan fingerprint density at radius 3 is 2.86 bits per heavy atom. The van der Waals surface area contributed by atoms with Crippen LogP contribution < -0.4 is 10.2 Å². The van der Waals surface area contributed by atoms with Gasteiger partial charge in [0.1, 0.15) is 11.6 Å². The minimum Gasteiger partial charge on any atom is -0.357 e. The molecular weight excluding hydrogens is 285 g/mol. The molecule has 3 heterocycles. The second kappa shape index (κ2) is 6.46. The predicted molar refractivity (Wildman–Crippen MR) is 78.8 cm³/mol. The van der Waals surface area contributed by atoms with Gasteiger partial charge in [0.2, 0.25) is 0 Å². The molecule has 114 valence electrons. The van der Waals surface area contributed by atoms with Crippen molar-refractivity contribution in [1.29, 1.82) is 0 Å². The van der Waals surface area contributed by atoms with Crippen LogP contribution in [0.3, 0.4) is 0 Å². The van der Waals surface area contributed by atoms with E-state index in [-0.39, 0.29) is 12.1 Å². The Kier molecular flexibility index (Phi) is 4.22. The maximum Gasteiger partial charge on any atom is 0.254 e. The number of carbonyl (C=O) groups excluding carboxylic acids is 1. The van der Waals surface area contributed by atoms with Crippen LogP contribution in [0.15, 0.2) is 30.7 Å². The van der Waals surface area contributed by atoms with Gasteiger partial charge in [-0.3, -0.25) is 9.78 Å². The predicted octanol–water partition coefficient (Wildman–Crippen LogP) is 1.54. The van der Waals surface area contributed by atoms with Crippen LogP contribution in [0.1, 0.15) is 29.0 Å². The third kappa shape index (κ3) is 3.19. The van der Waals surface area contributed by atoms with E-state index in [0.717, 1.165) is 37.9 Å². The van der Waals surface area contributed by atoms with Crippen molar-refractivity contribution in [2.45, 2.75) is 19.4 Å². The third-order valence-electron chi connectivity index (χ3n) is 3.54. The first-order valence-corrected chi connectivity index (χ1v) is 7.18. The fraction of sp³-hybridized carbons (Fsp3) is 0.333. The molecule has 0 aliphatic carbocycles. The normalized spacial score (nSPS) is 14.1. The van der Waals surface area contributed by atoms with Crippen molar-refractivity contribution in [3.63, 3.8) is 0 Å². The van der Waals surface area contributed by atoms with Crippen LogP contribution >= 0.6 is 0 Å². The summed E-state index contributed by atoms with van der Waals surface area (Å²) in [5, 5.41) is 2.62. The average Bonchev–Trinajstić information content (AvgIpc) is 3.08. The highest BCUT2D eigenvalue weighted by Gasteiger charge is 2.15. The van der Waals surface area contributed by atoms with Gasteiger partial charge < -0.3 is 10.2 Å². The Bertz CT molecular complexity index is 672. The zero-order valence-electron chi connectivity index (χ0n) is 12.0. The molecule has 2 aromatic heterocycles. The summed E-state index contributed by atoms with van der Waals surface area (Å²) >= 11 is 0. The highest BCUT2D eigenvalue weighted by atomic mass is 19.1. The van der Waals surface area contributed by atoms with Gasteiger partial charge in [0.05, 0.1) is 18.3 Å². The zero-order valence-corrected chi connectivity index (χ0v) is 12.0. The van der Waals surface area contributed by atoms with Gasteiger partial charge >= 0.3 is 0 Å². The second-order valence-electron chi connectivity index (χ2n) is 5.06. The molecule has 1 amide bonds. The van der Waals surface area contributed by atoms with Gasteiger partial charge in [-0.2, -0.15) is 0 Å². The standard InChI is InChI=1S/C15H16FN5O/c16-12-9-17-5-3-11(12)15(22)19-10-13-18-6-4-14(20-13)21-7-1-2-8-21/h3-6,9H,1-2,7-8,10H2,(H,19,22). The molecule has 2 aromatic rings. The molecule has 1 N–H and O–H groups in total. The van der Waals surface area contributed by atoms with Crippen LogP contribution in [0, 0.1) is 5.82 Å². The van der Waals surface area contributed by atoms with Crippen molar-refractivity contribution in [3.05, 3.63) is 47.9 Å². The van der Waals surface area contributed by atoms with Gasteiger partial charge in [-0.25, -0.2) is 14.4 Å². The fourth-order valence-electron chi connectivity index (χ4n) is 2.41. The lowest BCUT2D eigenvalue weighted by Gasteiger charge is -2.16. The number of rotatable bonds is 4. The second-order valence-corrected chi connectivity index (χ2v) is 5.06. The fourth-order valence-corrected chi connectivity index (χ4v) is 2.41. The molecule has 0 atom stereocenters. The Morgan fingerprint density at radius 1 is 1.27 bits per heavy atom. The van der Waals surface area contributed by atoms with Crippen LogP contribution in [0.5, 0.6) is 0 Å². The van der Waals surface area contributed by atoms with Gasteiger partial charge in [-0.1, -0.05) is 0 Å². The van der Waals surface area contributed by atoms with Crippen molar-refractivity contribution in [2.24, 2.45) is 0 Å². The highest BCUT2D eigenvalue weighted by Crippen LogP contribution is 2.16. The number of nitrogens with one attached hydrogen (secondary N) is 1. The smallest absolute Gasteiger partial charge is 0.254 e. The molecule has 0 unspecified atom stereocenters. The van der Waals surface area contributed by atoms with Gasteiger partial charge in [0.15, 0.2) is 5.82 Å². The van der Waals surface area contributed by atoms with Crippen LogP contribution in [0.4, 0.5) is 10.2 Å². The molecule has 0 saturated carbocycles. The van der Waals surface area contributed by atoms with E-state index in [1.807, 2.05) is 6.07 Å². The van der Waals surface area contributed by atoms with Crippen LogP contribution in [-0.4, -0.2) is 33.9 Å². The molecule has 3 rings (SSSR count). The lowest BCUT2D eigenvalue weighted by atomic mass is 10.2. The number of halogens is 1. The number of aromatic nitrogens is 3. The Hall–Kier alpha value is -2.57. The number of carbonyl (C=O) groups is 1. The molecule has 6 nitrogen and oxygen atoms in total. The number of nitrogens with zero attached hydrogens (tertiary/aromatic N) is 4. The van der Waals surface area contributed by atoms with E-state index < -0.39 is 11.7 Å². The molecule has 0 spiro atoms. The summed E-state index contributed by atoms with van der Waals surface area (Å²) < 4.78 is 13.5. The first kappa shape index (κ1) is 14.4. The quantitative estimate of drug-likeness (QED) is 0.927. The SMILES string of the molecule is O=C(NCc1nccc(N2CCCC2)n1)c1ccncc1F. The lowest BCUT2D eigenvalue weighted by molar-refractivity contribution is 0.0945. The Morgan fingerprint density at radius 2 is 2.09 bits per heavy atom. The minimum atomic E-state index is -0.647. The average molecular weight is 301 g/mol. The molecule has 1 saturated heterocycles. The molecule has 7 heteroatoms. The summed E-state index contributed by atoms with van der Waals surface area (Å²) in [6, 6.07) is 3.20. The topological polar surface area (TPSA) is 71.0 Å². The van der Waals surface area contributed by atoms with Crippen molar-refractivity contribution in [3.8, 4) is 0 Å². The molecule has 1 fully saturated rings. The summed E-state index contributed by atoms with van der Waals surface area (Å²) in [6.45, 7) is 2.14. The monoisotopic (exact) mass is 301 g/mol. The zero-order chi connectivity index (χ0) is 15.4. The molecule has 0 aromatic carbocycles. The number of anilines is 1. The number of hydrogen-bond acceptors (Lipinski definition) is 5. The maximum absolute atomic E-state index is 13.5. The molecule has 1 aliphatic heterocycles. The summed E-state index contributed by atoms with van der Waals surface area (Å²) in [6.07, 6.45) is 6.39. The van der Waals surface area contributed by atoms with Gasteiger partial charge in [-0.05, 0) is 25.0 Å². The van der Waals surface area contributed by atoms with Crippen molar-refractivity contribution in [1.82, 2.24) is 20.3 Å². The molecule has 22 heavy (non-hydrogen) atoms.